The topological polar surface area (TPSA) is 64.6 Å². The van der Waals surface area contributed by atoms with Gasteiger partial charge in [0.1, 0.15) is 17.1 Å². The molecule has 0 spiro atoms. The quantitative estimate of drug-likeness (QED) is 0.570. The third kappa shape index (κ3) is 5.42. The summed E-state index contributed by atoms with van der Waals surface area (Å²) in [7, 11) is 0. The lowest BCUT2D eigenvalue weighted by Crippen LogP contribution is -2.22. The van der Waals surface area contributed by atoms with Crippen LogP contribution >= 0.6 is 0 Å². The first kappa shape index (κ1) is 19.6. The maximum absolute atomic E-state index is 13.6. The Morgan fingerprint density at radius 2 is 1.86 bits per heavy atom. The van der Waals surface area contributed by atoms with Crippen molar-refractivity contribution in [3.63, 3.8) is 0 Å². The van der Waals surface area contributed by atoms with Crippen molar-refractivity contribution in [1.82, 2.24) is 0 Å². The van der Waals surface area contributed by atoms with Crippen LogP contribution in [0.5, 0.6) is 5.75 Å². The summed E-state index contributed by atoms with van der Waals surface area (Å²) in [6.07, 6.45) is 7.14. The predicted molar refractivity (Wildman–Crippen MR) is 104 cm³/mol. The molecular weight excluding hydrogens is 361 g/mol. The molecule has 28 heavy (non-hydrogen) atoms. The summed E-state index contributed by atoms with van der Waals surface area (Å²) in [5, 5.41) is 2.44. The molecule has 1 unspecified atom stereocenters. The molecule has 1 N–H and O–H groups in total. The Morgan fingerprint density at radius 3 is 2.64 bits per heavy atom. The van der Waals surface area contributed by atoms with E-state index >= 15 is 0 Å². The maximum atomic E-state index is 13.6. The first-order valence-electron chi connectivity index (χ1n) is 9.22. The molecular formula is C22H22FNO4. The number of hydrogen-bond acceptors (Lipinski definition) is 4. The lowest BCUT2D eigenvalue weighted by Gasteiger charge is -2.18. The van der Waals surface area contributed by atoms with E-state index in [2.05, 4.69) is 17.5 Å². The second-order valence-electron chi connectivity index (χ2n) is 6.56. The Balaban J connectivity index is 1.55. The molecule has 0 heterocycles. The first-order chi connectivity index (χ1) is 13.6. The molecule has 1 atom stereocenters. The average molecular weight is 383 g/mol. The highest BCUT2D eigenvalue weighted by molar-refractivity contribution is 5.94. The van der Waals surface area contributed by atoms with Crippen LogP contribution in [0.25, 0.3) is 0 Å². The predicted octanol–water partition coefficient (Wildman–Crippen LogP) is 4.36. The number of para-hydroxylation sites is 2. The van der Waals surface area contributed by atoms with E-state index in [1.54, 1.807) is 30.3 Å². The van der Waals surface area contributed by atoms with Gasteiger partial charge in [0.05, 0.1) is 12.3 Å². The third-order valence-electron chi connectivity index (χ3n) is 4.44. The lowest BCUT2D eigenvalue weighted by molar-refractivity contribution is -0.118. The van der Waals surface area contributed by atoms with Gasteiger partial charge in [0.25, 0.3) is 5.91 Å². The Morgan fingerprint density at radius 1 is 1.07 bits per heavy atom. The van der Waals surface area contributed by atoms with E-state index in [1.165, 1.54) is 18.2 Å². The molecule has 0 saturated carbocycles. The van der Waals surface area contributed by atoms with Crippen LogP contribution in [0.3, 0.4) is 0 Å². The number of amides is 1. The number of rotatable bonds is 7. The van der Waals surface area contributed by atoms with Crippen molar-refractivity contribution < 1.29 is 23.5 Å². The molecule has 2 aromatic carbocycles. The Bertz CT molecular complexity index is 865. The third-order valence-corrected chi connectivity index (χ3v) is 4.44. The standard InChI is InChI=1S/C22H22FNO4/c23-18-11-5-6-12-19(18)24-21(25)15-27-20-13-7-4-10-17(20)22(26)28-14-16-8-2-1-3-9-16/h1-2,4-7,10-13,16H,3,8-9,14-15H2,(H,24,25). The van der Waals surface area contributed by atoms with Crippen molar-refractivity contribution in [2.75, 3.05) is 18.5 Å². The zero-order valence-corrected chi connectivity index (χ0v) is 15.4. The van der Waals surface area contributed by atoms with Crippen molar-refractivity contribution in [1.29, 1.82) is 0 Å². The molecule has 146 valence electrons. The molecule has 5 nitrogen and oxygen atoms in total. The molecule has 3 rings (SSSR count). The fraction of sp³-hybridized carbons (Fsp3) is 0.273. The normalized spacial score (nSPS) is 15.7. The Hall–Kier alpha value is -3.15. The minimum Gasteiger partial charge on any atom is -0.483 e. The van der Waals surface area contributed by atoms with Crippen molar-refractivity contribution in [2.24, 2.45) is 5.92 Å². The molecule has 6 heteroatoms. The van der Waals surface area contributed by atoms with Crippen molar-refractivity contribution in [3.8, 4) is 5.75 Å². The van der Waals surface area contributed by atoms with Gasteiger partial charge >= 0.3 is 5.97 Å². The lowest BCUT2D eigenvalue weighted by atomic mass is 9.95. The van der Waals surface area contributed by atoms with Gasteiger partial charge < -0.3 is 14.8 Å². The summed E-state index contributed by atoms with van der Waals surface area (Å²) in [6, 6.07) is 12.4. The number of halogens is 1. The van der Waals surface area contributed by atoms with Crippen molar-refractivity contribution in [3.05, 3.63) is 72.1 Å². The van der Waals surface area contributed by atoms with Crippen LogP contribution in [0, 0.1) is 11.7 Å². The van der Waals surface area contributed by atoms with Gasteiger partial charge in [0.2, 0.25) is 0 Å². The maximum Gasteiger partial charge on any atom is 0.341 e. The number of allylic oxidation sites excluding steroid dienone is 2. The van der Waals surface area contributed by atoms with E-state index in [1.807, 2.05) is 0 Å². The van der Waals surface area contributed by atoms with Gasteiger partial charge in [-0.05, 0) is 49.4 Å². The molecule has 0 bridgehead atoms. The highest BCUT2D eigenvalue weighted by atomic mass is 19.1. The second kappa shape index (κ2) is 9.69. The van der Waals surface area contributed by atoms with E-state index in [-0.39, 0.29) is 23.6 Å². The molecule has 1 aliphatic carbocycles. The summed E-state index contributed by atoms with van der Waals surface area (Å²) < 4.78 is 24.5. The van der Waals surface area contributed by atoms with Crippen molar-refractivity contribution >= 4 is 17.6 Å². The zero-order chi connectivity index (χ0) is 19.8. The van der Waals surface area contributed by atoms with Gasteiger partial charge in [-0.25, -0.2) is 9.18 Å². The van der Waals surface area contributed by atoms with Gasteiger partial charge in [-0.3, -0.25) is 4.79 Å². The van der Waals surface area contributed by atoms with Crippen LogP contribution in [0.4, 0.5) is 10.1 Å². The number of carbonyl (C=O) groups excluding carboxylic acids is 2. The highest BCUT2D eigenvalue weighted by Crippen LogP contribution is 2.22. The molecule has 2 aromatic rings. The van der Waals surface area contributed by atoms with Crippen LogP contribution in [0.1, 0.15) is 29.6 Å². The molecule has 0 aliphatic heterocycles. The number of benzene rings is 2. The zero-order valence-electron chi connectivity index (χ0n) is 15.4. The second-order valence-corrected chi connectivity index (χ2v) is 6.56. The smallest absolute Gasteiger partial charge is 0.341 e. The minimum absolute atomic E-state index is 0.0744. The minimum atomic E-state index is -0.530. The van der Waals surface area contributed by atoms with Crippen molar-refractivity contribution in [2.45, 2.75) is 19.3 Å². The summed E-state index contributed by atoms with van der Waals surface area (Å²) in [5.41, 5.74) is 0.331. The van der Waals surface area contributed by atoms with E-state index in [9.17, 15) is 14.0 Å². The molecule has 0 radical (unpaired) electrons. The molecule has 0 aromatic heterocycles. The number of nitrogens with one attached hydrogen (secondary N) is 1. The molecule has 0 fully saturated rings. The fourth-order valence-corrected chi connectivity index (χ4v) is 2.93. The van der Waals surface area contributed by atoms with Crippen LogP contribution in [0.2, 0.25) is 0 Å². The number of esters is 1. The first-order valence-corrected chi connectivity index (χ1v) is 9.22. The monoisotopic (exact) mass is 383 g/mol. The fourth-order valence-electron chi connectivity index (χ4n) is 2.93. The van der Waals surface area contributed by atoms with E-state index in [0.29, 0.717) is 12.5 Å². The average Bonchev–Trinajstić information content (AvgIpc) is 2.73. The summed E-state index contributed by atoms with van der Waals surface area (Å²) in [4.78, 5) is 24.4. The van der Waals surface area contributed by atoms with Crippen LogP contribution in [-0.2, 0) is 9.53 Å². The van der Waals surface area contributed by atoms with E-state index in [4.69, 9.17) is 9.47 Å². The van der Waals surface area contributed by atoms with E-state index in [0.717, 1.165) is 19.3 Å². The van der Waals surface area contributed by atoms with Gasteiger partial charge in [0.15, 0.2) is 6.61 Å². The van der Waals surface area contributed by atoms with Gasteiger partial charge in [0, 0.05) is 0 Å². The van der Waals surface area contributed by atoms with Gasteiger partial charge in [-0.15, -0.1) is 0 Å². The molecule has 1 amide bonds. The van der Waals surface area contributed by atoms with Crippen LogP contribution in [-0.4, -0.2) is 25.1 Å². The van der Waals surface area contributed by atoms with Crippen LogP contribution < -0.4 is 10.1 Å². The Kier molecular flexibility index (Phi) is 6.78. The Labute approximate surface area is 163 Å². The molecule has 0 saturated heterocycles. The number of hydrogen-bond donors (Lipinski definition) is 1. The van der Waals surface area contributed by atoms with Gasteiger partial charge in [-0.1, -0.05) is 36.4 Å². The van der Waals surface area contributed by atoms with Gasteiger partial charge in [-0.2, -0.15) is 0 Å². The molecule has 1 aliphatic rings. The largest absolute Gasteiger partial charge is 0.483 e. The summed E-state index contributed by atoms with van der Waals surface area (Å²) in [5.74, 6) is -0.965. The summed E-state index contributed by atoms with van der Waals surface area (Å²) >= 11 is 0. The van der Waals surface area contributed by atoms with Crippen LogP contribution in [0.15, 0.2) is 60.7 Å². The van der Waals surface area contributed by atoms with E-state index < -0.39 is 17.7 Å². The SMILES string of the molecule is O=C(COc1ccccc1C(=O)OCC1CC=CCC1)Nc1ccccc1F. The number of ether oxygens (including phenoxy) is 2. The number of anilines is 1. The number of carbonyl (C=O) groups is 2. The summed E-state index contributed by atoms with van der Waals surface area (Å²) in [6.45, 7) is -0.00265. The highest BCUT2D eigenvalue weighted by Gasteiger charge is 2.18.